The Bertz CT molecular complexity index is 334. The Balaban J connectivity index is 1.75. The lowest BCUT2D eigenvalue weighted by atomic mass is 9.80. The second-order valence-electron chi connectivity index (χ2n) is 5.45. The Labute approximate surface area is 92.5 Å². The minimum Gasteiger partial charge on any atom is -0.441 e. The van der Waals surface area contributed by atoms with Gasteiger partial charge in [0.15, 0.2) is 0 Å². The van der Waals surface area contributed by atoms with Crippen LogP contribution >= 0.6 is 0 Å². The number of carbonyl (C=O) groups excluding carboxylic acids is 1. The number of amides is 1. The van der Waals surface area contributed by atoms with Crippen molar-refractivity contribution in [3.8, 4) is 0 Å². The molecule has 1 aliphatic heterocycles. The van der Waals surface area contributed by atoms with E-state index >= 15 is 0 Å². The zero-order valence-electron chi connectivity index (χ0n) is 8.97. The van der Waals surface area contributed by atoms with E-state index < -0.39 is 17.6 Å². The summed E-state index contributed by atoms with van der Waals surface area (Å²) in [6.45, 7) is 0.490. The van der Waals surface area contributed by atoms with Crippen LogP contribution in [0.1, 0.15) is 32.1 Å². The summed E-state index contributed by atoms with van der Waals surface area (Å²) in [5, 5.41) is 2.63. The zero-order chi connectivity index (χ0) is 11.4. The molecule has 1 saturated heterocycles. The minimum absolute atomic E-state index is 0.00831. The number of nitrogens with one attached hydrogen (secondary N) is 1. The highest BCUT2D eigenvalue weighted by Crippen LogP contribution is 2.53. The zero-order valence-corrected chi connectivity index (χ0v) is 8.97. The monoisotopic (exact) mass is 231 g/mol. The van der Waals surface area contributed by atoms with E-state index in [1.807, 2.05) is 0 Å². The first-order valence-corrected chi connectivity index (χ1v) is 5.83. The Morgan fingerprint density at radius 1 is 1.25 bits per heavy atom. The largest absolute Gasteiger partial charge is 0.441 e. The molecule has 0 aromatic heterocycles. The molecule has 2 saturated carbocycles. The Hall–Kier alpha value is -0.870. The minimum atomic E-state index is -2.51. The molecule has 1 N–H and O–H groups in total. The summed E-state index contributed by atoms with van der Waals surface area (Å²) < 4.78 is 31.8. The van der Waals surface area contributed by atoms with Crippen molar-refractivity contribution in [2.45, 2.75) is 43.6 Å². The third-order valence-electron chi connectivity index (χ3n) is 4.24. The lowest BCUT2D eigenvalue weighted by Crippen LogP contribution is -2.30. The number of hydrogen-bond acceptors (Lipinski definition) is 2. The molecule has 90 valence electrons. The van der Waals surface area contributed by atoms with Crippen molar-refractivity contribution in [2.75, 3.05) is 6.54 Å². The standard InChI is InChI=1S/C11H15F2NO2/c12-11(13)2-1-7-3-10(4-8(7)5-11)6-14-9(15)16-10/h7-8H,1-6H2,(H,14,15). The molecule has 3 aliphatic rings. The van der Waals surface area contributed by atoms with Gasteiger partial charge in [-0.25, -0.2) is 13.6 Å². The van der Waals surface area contributed by atoms with Gasteiger partial charge in [0.05, 0.1) is 6.54 Å². The fraction of sp³-hybridized carbons (Fsp3) is 0.909. The molecule has 3 atom stereocenters. The number of halogens is 2. The van der Waals surface area contributed by atoms with Crippen molar-refractivity contribution < 1.29 is 18.3 Å². The molecule has 0 bridgehead atoms. The summed E-state index contributed by atoms with van der Waals surface area (Å²) in [6.07, 6.45) is 1.49. The van der Waals surface area contributed by atoms with E-state index in [2.05, 4.69) is 5.32 Å². The molecule has 0 aromatic carbocycles. The van der Waals surface area contributed by atoms with Crippen molar-refractivity contribution in [2.24, 2.45) is 11.8 Å². The van der Waals surface area contributed by atoms with Crippen molar-refractivity contribution >= 4 is 6.09 Å². The molecule has 3 nitrogen and oxygen atoms in total. The summed E-state index contributed by atoms with van der Waals surface area (Å²) in [5.74, 6) is -2.17. The first-order valence-electron chi connectivity index (χ1n) is 5.83. The summed E-state index contributed by atoms with van der Waals surface area (Å²) in [6, 6.07) is 0. The van der Waals surface area contributed by atoms with Crippen molar-refractivity contribution in [3.63, 3.8) is 0 Å². The van der Waals surface area contributed by atoms with Gasteiger partial charge in [0.1, 0.15) is 5.60 Å². The molecule has 3 unspecified atom stereocenters. The summed E-state index contributed by atoms with van der Waals surface area (Å²) >= 11 is 0. The van der Waals surface area contributed by atoms with Crippen LogP contribution in [0.3, 0.4) is 0 Å². The number of rotatable bonds is 0. The molecule has 16 heavy (non-hydrogen) atoms. The van der Waals surface area contributed by atoms with Gasteiger partial charge in [-0.3, -0.25) is 0 Å². The maximum Gasteiger partial charge on any atom is 0.407 e. The van der Waals surface area contributed by atoms with Crippen LogP contribution in [0.2, 0.25) is 0 Å². The van der Waals surface area contributed by atoms with Gasteiger partial charge in [-0.1, -0.05) is 0 Å². The smallest absolute Gasteiger partial charge is 0.407 e. The van der Waals surface area contributed by atoms with Gasteiger partial charge in [0.25, 0.3) is 0 Å². The van der Waals surface area contributed by atoms with E-state index in [4.69, 9.17) is 4.74 Å². The molecule has 2 aliphatic carbocycles. The van der Waals surface area contributed by atoms with Crippen LogP contribution in [0.4, 0.5) is 13.6 Å². The lowest BCUT2D eigenvalue weighted by Gasteiger charge is -2.30. The molecule has 3 fully saturated rings. The number of alkyl carbamates (subject to hydrolysis) is 1. The van der Waals surface area contributed by atoms with Gasteiger partial charge in [0, 0.05) is 12.8 Å². The van der Waals surface area contributed by atoms with Gasteiger partial charge < -0.3 is 10.1 Å². The maximum atomic E-state index is 13.3. The Kier molecular flexibility index (Phi) is 1.98. The average molecular weight is 231 g/mol. The topological polar surface area (TPSA) is 38.3 Å². The molecule has 1 amide bonds. The lowest BCUT2D eigenvalue weighted by molar-refractivity contribution is -0.0636. The maximum absolute atomic E-state index is 13.3. The third-order valence-corrected chi connectivity index (χ3v) is 4.24. The molecule has 3 rings (SSSR count). The second-order valence-corrected chi connectivity index (χ2v) is 5.45. The normalized spacial score (nSPS) is 45.2. The predicted octanol–water partition coefficient (Wildman–Crippen LogP) is 2.31. The number of alkyl halides is 2. The SMILES string of the molecule is O=C1NCC2(CC3CCC(F)(F)CC3C2)O1. The van der Waals surface area contributed by atoms with Crippen LogP contribution < -0.4 is 5.32 Å². The van der Waals surface area contributed by atoms with Crippen molar-refractivity contribution in [1.82, 2.24) is 5.32 Å². The van der Waals surface area contributed by atoms with E-state index in [9.17, 15) is 13.6 Å². The van der Waals surface area contributed by atoms with Crippen LogP contribution in [0.5, 0.6) is 0 Å². The summed E-state index contributed by atoms with van der Waals surface area (Å²) in [4.78, 5) is 11.1. The number of fused-ring (bicyclic) bond motifs is 1. The highest BCUT2D eigenvalue weighted by molar-refractivity contribution is 5.70. The predicted molar refractivity (Wildman–Crippen MR) is 52.2 cm³/mol. The number of carbonyl (C=O) groups is 1. The van der Waals surface area contributed by atoms with Gasteiger partial charge in [-0.15, -0.1) is 0 Å². The average Bonchev–Trinajstić information content (AvgIpc) is 2.68. The summed E-state index contributed by atoms with van der Waals surface area (Å²) in [5.41, 5.74) is -0.479. The van der Waals surface area contributed by atoms with Gasteiger partial charge in [-0.2, -0.15) is 0 Å². The van der Waals surface area contributed by atoms with Crippen LogP contribution in [0.25, 0.3) is 0 Å². The van der Waals surface area contributed by atoms with Crippen LogP contribution in [-0.4, -0.2) is 24.2 Å². The molecule has 0 aromatic rings. The Morgan fingerprint density at radius 2 is 2.00 bits per heavy atom. The van der Waals surface area contributed by atoms with Gasteiger partial charge in [-0.05, 0) is 31.1 Å². The summed E-state index contributed by atoms with van der Waals surface area (Å²) in [7, 11) is 0. The molecule has 1 spiro atoms. The van der Waals surface area contributed by atoms with Crippen LogP contribution in [0.15, 0.2) is 0 Å². The van der Waals surface area contributed by atoms with Crippen molar-refractivity contribution in [1.29, 1.82) is 0 Å². The van der Waals surface area contributed by atoms with Gasteiger partial charge in [0.2, 0.25) is 5.92 Å². The van der Waals surface area contributed by atoms with E-state index in [-0.39, 0.29) is 18.8 Å². The highest BCUT2D eigenvalue weighted by Gasteiger charge is 2.55. The van der Waals surface area contributed by atoms with E-state index in [1.54, 1.807) is 0 Å². The number of hydrogen-bond donors (Lipinski definition) is 1. The molecule has 1 heterocycles. The molecule has 0 radical (unpaired) electrons. The van der Waals surface area contributed by atoms with Gasteiger partial charge >= 0.3 is 6.09 Å². The first kappa shape index (κ1) is 10.3. The van der Waals surface area contributed by atoms with E-state index in [1.165, 1.54) is 0 Å². The quantitative estimate of drug-likeness (QED) is 0.694. The first-order chi connectivity index (χ1) is 7.48. The highest BCUT2D eigenvalue weighted by atomic mass is 19.3. The fourth-order valence-electron chi connectivity index (χ4n) is 3.56. The fourth-order valence-corrected chi connectivity index (χ4v) is 3.56. The van der Waals surface area contributed by atoms with Crippen molar-refractivity contribution in [3.05, 3.63) is 0 Å². The molecular formula is C11H15F2NO2. The van der Waals surface area contributed by atoms with E-state index in [0.29, 0.717) is 25.3 Å². The Morgan fingerprint density at radius 3 is 2.69 bits per heavy atom. The van der Waals surface area contributed by atoms with Crippen LogP contribution in [-0.2, 0) is 4.74 Å². The second kappa shape index (κ2) is 3.08. The molecule has 5 heteroatoms. The number of ether oxygens (including phenoxy) is 1. The third kappa shape index (κ3) is 1.57. The van der Waals surface area contributed by atoms with Crippen LogP contribution in [0, 0.1) is 11.8 Å². The molecular weight excluding hydrogens is 216 g/mol. The van der Waals surface area contributed by atoms with E-state index in [0.717, 1.165) is 6.42 Å².